The molecular formula is C23H21NO5. The molecule has 0 aliphatic carbocycles. The fourth-order valence-electron chi connectivity index (χ4n) is 3.05. The minimum Gasteiger partial charge on any atom is -0.493 e. The Kier molecular flexibility index (Phi) is 5.08. The molecule has 29 heavy (non-hydrogen) atoms. The molecule has 0 fully saturated rings. The van der Waals surface area contributed by atoms with Gasteiger partial charge in [-0.2, -0.15) is 0 Å². The molecule has 0 bridgehead atoms. The molecular weight excluding hydrogens is 370 g/mol. The van der Waals surface area contributed by atoms with E-state index in [1.807, 2.05) is 18.2 Å². The van der Waals surface area contributed by atoms with Crippen LogP contribution in [-0.4, -0.2) is 12.3 Å². The quantitative estimate of drug-likeness (QED) is 0.423. The number of fused-ring (bicyclic) bond motifs is 1. The number of nitrogens with zero attached hydrogens (tertiary/aromatic N) is 1. The van der Waals surface area contributed by atoms with Crippen molar-refractivity contribution in [1.82, 2.24) is 5.16 Å². The van der Waals surface area contributed by atoms with Gasteiger partial charge in [-0.05, 0) is 23.6 Å². The monoisotopic (exact) mass is 391 g/mol. The minimum absolute atomic E-state index is 0.163. The number of benzene rings is 2. The van der Waals surface area contributed by atoms with E-state index in [1.165, 1.54) is 11.6 Å². The summed E-state index contributed by atoms with van der Waals surface area (Å²) in [6.07, 6.45) is 0. The summed E-state index contributed by atoms with van der Waals surface area (Å²) in [7, 11) is 1.56. The summed E-state index contributed by atoms with van der Waals surface area (Å²) in [5, 5.41) is 4.88. The molecule has 0 saturated heterocycles. The summed E-state index contributed by atoms with van der Waals surface area (Å²) < 4.78 is 21.9. The Labute approximate surface area is 167 Å². The zero-order chi connectivity index (χ0) is 20.4. The Morgan fingerprint density at radius 3 is 2.52 bits per heavy atom. The van der Waals surface area contributed by atoms with Crippen LogP contribution in [0.1, 0.15) is 31.1 Å². The topological polar surface area (TPSA) is 74.7 Å². The van der Waals surface area contributed by atoms with E-state index in [4.69, 9.17) is 18.4 Å². The molecule has 4 aromatic rings. The summed E-state index contributed by atoms with van der Waals surface area (Å²) in [5.41, 5.74) is 3.01. The molecule has 2 aromatic heterocycles. The largest absolute Gasteiger partial charge is 0.493 e. The van der Waals surface area contributed by atoms with Gasteiger partial charge in [0.15, 0.2) is 17.3 Å². The van der Waals surface area contributed by atoms with Gasteiger partial charge in [-0.25, -0.2) is 4.79 Å². The van der Waals surface area contributed by atoms with E-state index < -0.39 is 5.63 Å². The average Bonchev–Trinajstić information content (AvgIpc) is 3.20. The number of hydrogen-bond acceptors (Lipinski definition) is 6. The maximum Gasteiger partial charge on any atom is 0.336 e. The van der Waals surface area contributed by atoms with Crippen LogP contribution in [0.5, 0.6) is 11.5 Å². The second-order valence-electron chi connectivity index (χ2n) is 7.04. The van der Waals surface area contributed by atoms with Crippen molar-refractivity contribution in [2.75, 3.05) is 7.11 Å². The van der Waals surface area contributed by atoms with Crippen molar-refractivity contribution >= 4 is 11.0 Å². The van der Waals surface area contributed by atoms with Gasteiger partial charge >= 0.3 is 5.63 Å². The highest BCUT2D eigenvalue weighted by molar-refractivity contribution is 5.80. The summed E-state index contributed by atoms with van der Waals surface area (Å²) in [5.74, 6) is 2.04. The molecule has 0 aliphatic heterocycles. The van der Waals surface area contributed by atoms with Crippen LogP contribution in [0.4, 0.5) is 0 Å². The molecule has 2 aromatic carbocycles. The Balaban J connectivity index is 1.53. The maximum atomic E-state index is 11.5. The van der Waals surface area contributed by atoms with Gasteiger partial charge in [0.2, 0.25) is 0 Å². The maximum absolute atomic E-state index is 11.5. The van der Waals surface area contributed by atoms with Crippen LogP contribution in [0.3, 0.4) is 0 Å². The molecule has 4 rings (SSSR count). The third-order valence-electron chi connectivity index (χ3n) is 4.71. The molecule has 0 radical (unpaired) electrons. The van der Waals surface area contributed by atoms with Crippen molar-refractivity contribution in [3.05, 3.63) is 76.3 Å². The summed E-state index contributed by atoms with van der Waals surface area (Å²) >= 11 is 0. The predicted octanol–water partition coefficient (Wildman–Crippen LogP) is 5.16. The molecule has 6 nitrogen and oxygen atoms in total. The average molecular weight is 391 g/mol. The number of rotatable bonds is 6. The van der Waals surface area contributed by atoms with Crippen LogP contribution in [0.2, 0.25) is 0 Å². The SMILES string of the molecule is COc1cc2ccc(=O)oc2cc1OCc1cc(-c2ccc(C(C)C)cc2)no1. The van der Waals surface area contributed by atoms with Gasteiger partial charge in [0.1, 0.15) is 17.9 Å². The fourth-order valence-corrected chi connectivity index (χ4v) is 3.05. The minimum atomic E-state index is -0.419. The highest BCUT2D eigenvalue weighted by Crippen LogP contribution is 2.32. The van der Waals surface area contributed by atoms with Gasteiger partial charge in [0.25, 0.3) is 0 Å². The molecule has 0 unspecified atom stereocenters. The lowest BCUT2D eigenvalue weighted by molar-refractivity contribution is 0.239. The van der Waals surface area contributed by atoms with Crippen molar-refractivity contribution < 1.29 is 18.4 Å². The van der Waals surface area contributed by atoms with Gasteiger partial charge in [-0.15, -0.1) is 0 Å². The molecule has 6 heteroatoms. The molecule has 0 spiro atoms. The Morgan fingerprint density at radius 1 is 1.00 bits per heavy atom. The summed E-state index contributed by atoms with van der Waals surface area (Å²) in [6, 6.07) is 16.5. The molecule has 0 N–H and O–H groups in total. The number of ether oxygens (including phenoxy) is 2. The molecule has 0 amide bonds. The van der Waals surface area contributed by atoms with Crippen molar-refractivity contribution in [3.8, 4) is 22.8 Å². The van der Waals surface area contributed by atoms with Crippen LogP contribution in [0.15, 0.2) is 68.3 Å². The van der Waals surface area contributed by atoms with Crippen LogP contribution in [0.25, 0.3) is 22.2 Å². The van der Waals surface area contributed by atoms with Crippen molar-refractivity contribution in [2.45, 2.75) is 26.4 Å². The first-order valence-electron chi connectivity index (χ1n) is 9.34. The highest BCUT2D eigenvalue weighted by Gasteiger charge is 2.12. The summed E-state index contributed by atoms with van der Waals surface area (Å²) in [4.78, 5) is 11.5. The molecule has 0 atom stereocenters. The second-order valence-corrected chi connectivity index (χ2v) is 7.04. The standard InChI is InChI=1S/C23H21NO5/c1-14(2)15-4-6-16(7-5-15)19-11-18(29-24-19)13-27-22-12-20-17(10-21(22)26-3)8-9-23(25)28-20/h4-12,14H,13H2,1-3H3. The zero-order valence-electron chi connectivity index (χ0n) is 16.5. The van der Waals surface area contributed by atoms with Gasteiger partial charge in [-0.1, -0.05) is 43.3 Å². The molecule has 0 saturated carbocycles. The Hall–Kier alpha value is -3.54. The third-order valence-corrected chi connectivity index (χ3v) is 4.71. The highest BCUT2D eigenvalue weighted by atomic mass is 16.5. The van der Waals surface area contributed by atoms with E-state index >= 15 is 0 Å². The lowest BCUT2D eigenvalue weighted by atomic mass is 10.0. The van der Waals surface area contributed by atoms with E-state index in [9.17, 15) is 4.79 Å². The molecule has 2 heterocycles. The first-order chi connectivity index (χ1) is 14.0. The van der Waals surface area contributed by atoms with Gasteiger partial charge in [0.05, 0.1) is 7.11 Å². The Morgan fingerprint density at radius 2 is 1.79 bits per heavy atom. The zero-order valence-corrected chi connectivity index (χ0v) is 16.5. The van der Waals surface area contributed by atoms with Gasteiger partial charge in [0, 0.05) is 29.1 Å². The van der Waals surface area contributed by atoms with E-state index in [0.717, 1.165) is 16.6 Å². The Bertz CT molecular complexity index is 1190. The summed E-state index contributed by atoms with van der Waals surface area (Å²) in [6.45, 7) is 4.48. The fraction of sp³-hybridized carbons (Fsp3) is 0.217. The second kappa shape index (κ2) is 7.83. The number of hydrogen-bond donors (Lipinski definition) is 0. The lowest BCUT2D eigenvalue weighted by Crippen LogP contribution is -1.99. The van der Waals surface area contributed by atoms with Gasteiger partial charge < -0.3 is 18.4 Å². The molecule has 148 valence electrons. The van der Waals surface area contributed by atoms with E-state index in [0.29, 0.717) is 28.8 Å². The normalized spacial score (nSPS) is 11.2. The van der Waals surface area contributed by atoms with E-state index in [-0.39, 0.29) is 6.61 Å². The van der Waals surface area contributed by atoms with Crippen molar-refractivity contribution in [3.63, 3.8) is 0 Å². The predicted molar refractivity (Wildman–Crippen MR) is 109 cm³/mol. The lowest BCUT2D eigenvalue weighted by Gasteiger charge is -2.10. The van der Waals surface area contributed by atoms with Crippen LogP contribution >= 0.6 is 0 Å². The first kappa shape index (κ1) is 18.8. The third kappa shape index (κ3) is 4.01. The van der Waals surface area contributed by atoms with Crippen molar-refractivity contribution in [2.24, 2.45) is 0 Å². The van der Waals surface area contributed by atoms with Crippen LogP contribution in [-0.2, 0) is 6.61 Å². The van der Waals surface area contributed by atoms with E-state index in [2.05, 4.69) is 31.1 Å². The first-order valence-corrected chi connectivity index (χ1v) is 9.34. The van der Waals surface area contributed by atoms with Crippen LogP contribution in [0, 0.1) is 0 Å². The van der Waals surface area contributed by atoms with Gasteiger partial charge in [-0.3, -0.25) is 0 Å². The molecule has 0 aliphatic rings. The number of methoxy groups -OCH3 is 1. The number of aromatic nitrogens is 1. The van der Waals surface area contributed by atoms with E-state index in [1.54, 1.807) is 25.3 Å². The van der Waals surface area contributed by atoms with Crippen molar-refractivity contribution in [1.29, 1.82) is 0 Å². The smallest absolute Gasteiger partial charge is 0.336 e. The van der Waals surface area contributed by atoms with Crippen LogP contribution < -0.4 is 15.1 Å².